The van der Waals surface area contributed by atoms with Crippen LogP contribution in [-0.4, -0.2) is 21.7 Å². The minimum Gasteiger partial charge on any atom is -0.419 e. The summed E-state index contributed by atoms with van der Waals surface area (Å²) >= 11 is 0. The van der Waals surface area contributed by atoms with Gasteiger partial charge < -0.3 is 10.1 Å². The zero-order chi connectivity index (χ0) is 13.0. The second-order valence-corrected chi connectivity index (χ2v) is 4.20. The predicted molar refractivity (Wildman–Crippen MR) is 69.7 cm³/mol. The molecule has 5 nitrogen and oxygen atoms in total. The van der Waals surface area contributed by atoms with E-state index in [0.29, 0.717) is 11.8 Å². The Labute approximate surface area is 107 Å². The van der Waals surface area contributed by atoms with Crippen LogP contribution in [0.4, 0.5) is 0 Å². The molecule has 2 heterocycles. The van der Waals surface area contributed by atoms with E-state index in [0.717, 1.165) is 17.8 Å². The van der Waals surface area contributed by atoms with Crippen LogP contribution >= 0.6 is 0 Å². The number of ether oxygens (including phenoxy) is 1. The number of hydrogen-bond donors (Lipinski definition) is 2. The van der Waals surface area contributed by atoms with E-state index in [4.69, 9.17) is 4.74 Å². The molecule has 0 saturated carbocycles. The number of aromatic nitrogens is 3. The molecular formula is C13H18N4O. The summed E-state index contributed by atoms with van der Waals surface area (Å²) in [6, 6.07) is 6.02. The highest BCUT2D eigenvalue weighted by Crippen LogP contribution is 2.21. The van der Waals surface area contributed by atoms with Crippen molar-refractivity contribution in [3.05, 3.63) is 35.7 Å². The van der Waals surface area contributed by atoms with Gasteiger partial charge >= 0.3 is 0 Å². The Morgan fingerprint density at radius 2 is 2.22 bits per heavy atom. The molecule has 0 saturated heterocycles. The van der Waals surface area contributed by atoms with Gasteiger partial charge in [-0.3, -0.25) is 5.10 Å². The fourth-order valence-corrected chi connectivity index (χ4v) is 1.73. The first-order valence-corrected chi connectivity index (χ1v) is 6.08. The van der Waals surface area contributed by atoms with Gasteiger partial charge in [0.15, 0.2) is 0 Å². The van der Waals surface area contributed by atoms with Crippen LogP contribution in [0.1, 0.15) is 31.1 Å². The normalized spacial score (nSPS) is 12.4. The molecule has 0 aromatic carbocycles. The van der Waals surface area contributed by atoms with Crippen LogP contribution < -0.4 is 10.1 Å². The van der Waals surface area contributed by atoms with Crippen molar-refractivity contribution in [3.8, 4) is 11.8 Å². The average molecular weight is 246 g/mol. The molecule has 0 aliphatic heterocycles. The van der Waals surface area contributed by atoms with Crippen molar-refractivity contribution in [3.63, 3.8) is 0 Å². The third-order valence-corrected chi connectivity index (χ3v) is 2.66. The number of H-pyrrole nitrogens is 1. The van der Waals surface area contributed by atoms with Crippen molar-refractivity contribution in [2.24, 2.45) is 0 Å². The molecule has 2 N–H and O–H groups in total. The van der Waals surface area contributed by atoms with Gasteiger partial charge in [-0.25, -0.2) is 4.98 Å². The SMILES string of the molecule is CCNC(C)c1ccnc(Oc2cc(C)[nH]n2)c1. The van der Waals surface area contributed by atoms with Crippen LogP contribution in [0.3, 0.4) is 0 Å². The van der Waals surface area contributed by atoms with E-state index in [9.17, 15) is 0 Å². The molecule has 0 spiro atoms. The van der Waals surface area contributed by atoms with Crippen molar-refractivity contribution < 1.29 is 4.74 Å². The number of pyridine rings is 1. The van der Waals surface area contributed by atoms with E-state index in [2.05, 4.69) is 34.3 Å². The fourth-order valence-electron chi connectivity index (χ4n) is 1.73. The molecule has 1 unspecified atom stereocenters. The number of hydrogen-bond acceptors (Lipinski definition) is 4. The van der Waals surface area contributed by atoms with E-state index < -0.39 is 0 Å². The van der Waals surface area contributed by atoms with Gasteiger partial charge in [-0.05, 0) is 32.0 Å². The Morgan fingerprint density at radius 1 is 1.39 bits per heavy atom. The van der Waals surface area contributed by atoms with Crippen LogP contribution in [-0.2, 0) is 0 Å². The summed E-state index contributed by atoms with van der Waals surface area (Å²) in [5.74, 6) is 1.09. The molecule has 18 heavy (non-hydrogen) atoms. The zero-order valence-corrected chi connectivity index (χ0v) is 10.9. The summed E-state index contributed by atoms with van der Waals surface area (Å²) in [5.41, 5.74) is 2.11. The van der Waals surface area contributed by atoms with E-state index in [1.807, 2.05) is 25.1 Å². The van der Waals surface area contributed by atoms with E-state index in [-0.39, 0.29) is 6.04 Å². The topological polar surface area (TPSA) is 62.8 Å². The second-order valence-electron chi connectivity index (χ2n) is 4.20. The largest absolute Gasteiger partial charge is 0.419 e. The first-order valence-electron chi connectivity index (χ1n) is 6.08. The molecule has 0 aliphatic rings. The Balaban J connectivity index is 2.12. The molecule has 5 heteroatoms. The first kappa shape index (κ1) is 12.6. The van der Waals surface area contributed by atoms with Gasteiger partial charge in [0.2, 0.25) is 11.8 Å². The number of nitrogens with one attached hydrogen (secondary N) is 2. The third kappa shape index (κ3) is 3.07. The van der Waals surface area contributed by atoms with E-state index in [1.54, 1.807) is 6.20 Å². The molecule has 0 aliphatic carbocycles. The van der Waals surface area contributed by atoms with Crippen LogP contribution in [0, 0.1) is 6.92 Å². The maximum absolute atomic E-state index is 5.59. The number of aromatic amines is 1. The van der Waals surface area contributed by atoms with Gasteiger partial charge in [-0.2, -0.15) is 0 Å². The molecule has 0 fully saturated rings. The van der Waals surface area contributed by atoms with Gasteiger partial charge in [-0.15, -0.1) is 5.10 Å². The fraction of sp³-hybridized carbons (Fsp3) is 0.385. The Kier molecular flexibility index (Phi) is 3.94. The second kappa shape index (κ2) is 5.64. The summed E-state index contributed by atoms with van der Waals surface area (Å²) in [5, 5.41) is 10.2. The van der Waals surface area contributed by atoms with Crippen LogP contribution in [0.5, 0.6) is 11.8 Å². The van der Waals surface area contributed by atoms with E-state index >= 15 is 0 Å². The van der Waals surface area contributed by atoms with Crippen molar-refractivity contribution in [1.82, 2.24) is 20.5 Å². The number of rotatable bonds is 5. The molecule has 1 atom stereocenters. The lowest BCUT2D eigenvalue weighted by atomic mass is 10.1. The summed E-state index contributed by atoms with van der Waals surface area (Å²) in [6.07, 6.45) is 1.75. The summed E-state index contributed by atoms with van der Waals surface area (Å²) < 4.78 is 5.59. The van der Waals surface area contributed by atoms with Gasteiger partial charge in [0.1, 0.15) is 0 Å². The quantitative estimate of drug-likeness (QED) is 0.851. The lowest BCUT2D eigenvalue weighted by Crippen LogP contribution is -2.17. The lowest BCUT2D eigenvalue weighted by Gasteiger charge is -2.13. The van der Waals surface area contributed by atoms with Crippen molar-refractivity contribution in [1.29, 1.82) is 0 Å². The Hall–Kier alpha value is -1.88. The van der Waals surface area contributed by atoms with Crippen molar-refractivity contribution >= 4 is 0 Å². The smallest absolute Gasteiger partial charge is 0.240 e. The van der Waals surface area contributed by atoms with Crippen LogP contribution in [0.25, 0.3) is 0 Å². The summed E-state index contributed by atoms with van der Waals surface area (Å²) in [4.78, 5) is 4.18. The molecule has 2 aromatic rings. The summed E-state index contributed by atoms with van der Waals surface area (Å²) in [7, 11) is 0. The lowest BCUT2D eigenvalue weighted by molar-refractivity contribution is 0.441. The van der Waals surface area contributed by atoms with Crippen molar-refractivity contribution in [2.75, 3.05) is 6.54 Å². The molecule has 2 rings (SSSR count). The summed E-state index contributed by atoms with van der Waals surface area (Å²) in [6.45, 7) is 7.05. The molecule has 96 valence electrons. The molecular weight excluding hydrogens is 228 g/mol. The van der Waals surface area contributed by atoms with Crippen LogP contribution in [0.2, 0.25) is 0 Å². The highest BCUT2D eigenvalue weighted by molar-refractivity contribution is 5.26. The van der Waals surface area contributed by atoms with Crippen LogP contribution in [0.15, 0.2) is 24.4 Å². The molecule has 2 aromatic heterocycles. The monoisotopic (exact) mass is 246 g/mol. The molecule has 0 amide bonds. The number of aryl methyl sites for hydroxylation is 1. The third-order valence-electron chi connectivity index (χ3n) is 2.66. The van der Waals surface area contributed by atoms with Gasteiger partial charge in [0, 0.05) is 30.1 Å². The highest BCUT2D eigenvalue weighted by atomic mass is 16.5. The molecule has 0 bridgehead atoms. The zero-order valence-electron chi connectivity index (χ0n) is 10.9. The minimum atomic E-state index is 0.279. The van der Waals surface area contributed by atoms with Gasteiger partial charge in [0.25, 0.3) is 0 Å². The highest BCUT2D eigenvalue weighted by Gasteiger charge is 2.07. The number of nitrogens with zero attached hydrogens (tertiary/aromatic N) is 2. The first-order chi connectivity index (χ1) is 8.69. The maximum atomic E-state index is 5.59. The average Bonchev–Trinajstić information content (AvgIpc) is 2.75. The Morgan fingerprint density at radius 3 is 2.89 bits per heavy atom. The predicted octanol–water partition coefficient (Wildman–Crippen LogP) is 2.58. The molecule has 0 radical (unpaired) electrons. The van der Waals surface area contributed by atoms with E-state index in [1.165, 1.54) is 0 Å². The van der Waals surface area contributed by atoms with Gasteiger partial charge in [-0.1, -0.05) is 6.92 Å². The maximum Gasteiger partial charge on any atom is 0.240 e. The minimum absolute atomic E-state index is 0.279. The van der Waals surface area contributed by atoms with Crippen molar-refractivity contribution in [2.45, 2.75) is 26.8 Å². The standard InChI is InChI=1S/C13H18N4O/c1-4-14-10(3)11-5-6-15-12(8-11)18-13-7-9(2)16-17-13/h5-8,10,14H,4H2,1-3H3,(H,16,17). The van der Waals surface area contributed by atoms with Gasteiger partial charge in [0.05, 0.1) is 0 Å². The Bertz CT molecular complexity index is 509.